The van der Waals surface area contributed by atoms with Gasteiger partial charge in [0.15, 0.2) is 5.96 Å². The molecule has 0 aromatic heterocycles. The summed E-state index contributed by atoms with van der Waals surface area (Å²) < 4.78 is 0. The van der Waals surface area contributed by atoms with Gasteiger partial charge in [0.1, 0.15) is 0 Å². The van der Waals surface area contributed by atoms with Crippen molar-refractivity contribution in [1.29, 1.82) is 0 Å². The summed E-state index contributed by atoms with van der Waals surface area (Å²) in [5, 5.41) is 0. The van der Waals surface area contributed by atoms with Gasteiger partial charge in [-0.1, -0.05) is 42.1 Å². The smallest absolute Gasteiger partial charge is 0.191 e. The fourth-order valence-corrected chi connectivity index (χ4v) is 3.06. The highest BCUT2D eigenvalue weighted by Gasteiger charge is 2.27. The predicted octanol–water partition coefficient (Wildman–Crippen LogP) is 3.75. The van der Waals surface area contributed by atoms with E-state index in [1.54, 1.807) is 11.8 Å². The number of rotatable bonds is 5. The van der Waals surface area contributed by atoms with Gasteiger partial charge >= 0.3 is 0 Å². The van der Waals surface area contributed by atoms with Gasteiger partial charge in [-0.25, -0.2) is 4.99 Å². The van der Waals surface area contributed by atoms with Crippen LogP contribution in [0.1, 0.15) is 18.4 Å². The van der Waals surface area contributed by atoms with Gasteiger partial charge in [-0.15, -0.1) is 0 Å². The van der Waals surface area contributed by atoms with Gasteiger partial charge in [0.2, 0.25) is 0 Å². The summed E-state index contributed by atoms with van der Waals surface area (Å²) in [6.07, 6.45) is 2.47. The van der Waals surface area contributed by atoms with Crippen molar-refractivity contribution < 1.29 is 0 Å². The van der Waals surface area contributed by atoms with Crippen LogP contribution in [0.3, 0.4) is 0 Å². The number of guanidine groups is 1. The number of nitrogens with zero attached hydrogens (tertiary/aromatic N) is 2. The van der Waals surface area contributed by atoms with Gasteiger partial charge < -0.3 is 10.6 Å². The molecule has 0 saturated heterocycles. The maximum atomic E-state index is 6.01. The van der Waals surface area contributed by atoms with Gasteiger partial charge in [-0.05, 0) is 42.7 Å². The molecular weight excluding hydrogens is 290 g/mol. The lowest BCUT2D eigenvalue weighted by Gasteiger charge is -2.16. The Hall–Kier alpha value is -1.94. The summed E-state index contributed by atoms with van der Waals surface area (Å²) in [4.78, 5) is 9.06. The maximum Gasteiger partial charge on any atom is 0.191 e. The second-order valence-corrected chi connectivity index (χ2v) is 6.72. The molecule has 3 rings (SSSR count). The van der Waals surface area contributed by atoms with Crippen LogP contribution < -0.4 is 5.73 Å². The van der Waals surface area contributed by atoms with E-state index in [1.165, 1.54) is 28.2 Å². The molecule has 1 fully saturated rings. The number of hydrogen-bond acceptors (Lipinski definition) is 2. The van der Waals surface area contributed by atoms with E-state index >= 15 is 0 Å². The van der Waals surface area contributed by atoms with Crippen LogP contribution >= 0.6 is 11.8 Å². The standard InChI is InChI=1S/C18H21N3S/c1-21(15-9-10-15)18(19)20-13-14-7-11-17(12-8-14)22-16-5-3-2-4-6-16/h2-8,11-12,15H,9-10,13H2,1H3,(H2,19,20). The molecule has 0 amide bonds. The SMILES string of the molecule is CN(C(N)=NCc1ccc(Sc2ccccc2)cc1)C1CC1. The minimum absolute atomic E-state index is 0.605. The summed E-state index contributed by atoms with van der Waals surface area (Å²) >= 11 is 1.77. The fraction of sp³-hybridized carbons (Fsp3) is 0.278. The van der Waals surface area contributed by atoms with E-state index in [1.807, 2.05) is 13.1 Å². The van der Waals surface area contributed by atoms with Crippen LogP contribution in [0.4, 0.5) is 0 Å². The minimum atomic E-state index is 0.605. The van der Waals surface area contributed by atoms with Crippen LogP contribution in [0.5, 0.6) is 0 Å². The normalized spacial score (nSPS) is 14.9. The average molecular weight is 311 g/mol. The van der Waals surface area contributed by atoms with Gasteiger partial charge in [0, 0.05) is 22.9 Å². The molecule has 22 heavy (non-hydrogen) atoms. The second kappa shape index (κ2) is 6.88. The summed E-state index contributed by atoms with van der Waals surface area (Å²) in [6, 6.07) is 19.5. The first-order chi connectivity index (χ1) is 10.7. The molecule has 2 aromatic rings. The zero-order chi connectivity index (χ0) is 15.4. The van der Waals surface area contributed by atoms with E-state index in [-0.39, 0.29) is 0 Å². The van der Waals surface area contributed by atoms with Crippen molar-refractivity contribution >= 4 is 17.7 Å². The van der Waals surface area contributed by atoms with E-state index < -0.39 is 0 Å². The van der Waals surface area contributed by atoms with Crippen LogP contribution in [0, 0.1) is 0 Å². The van der Waals surface area contributed by atoms with Crippen molar-refractivity contribution in [2.75, 3.05) is 7.05 Å². The number of nitrogens with two attached hydrogens (primary N) is 1. The third-order valence-corrected chi connectivity index (χ3v) is 4.80. The van der Waals surface area contributed by atoms with Crippen molar-refractivity contribution in [3.05, 3.63) is 60.2 Å². The molecule has 4 heteroatoms. The highest BCUT2D eigenvalue weighted by atomic mass is 32.2. The molecule has 1 saturated carbocycles. The molecule has 1 aliphatic carbocycles. The minimum Gasteiger partial charge on any atom is -0.370 e. The summed E-state index contributed by atoms with van der Waals surface area (Å²) in [7, 11) is 2.02. The molecule has 0 heterocycles. The molecule has 0 spiro atoms. The van der Waals surface area contributed by atoms with Crippen LogP contribution in [0.15, 0.2) is 69.4 Å². The Kier molecular flexibility index (Phi) is 4.68. The molecule has 2 N–H and O–H groups in total. The first-order valence-corrected chi connectivity index (χ1v) is 8.38. The monoisotopic (exact) mass is 311 g/mol. The van der Waals surface area contributed by atoms with Gasteiger partial charge in [-0.2, -0.15) is 0 Å². The number of aliphatic imine (C=N–C) groups is 1. The predicted molar refractivity (Wildman–Crippen MR) is 93.1 cm³/mol. The lowest BCUT2D eigenvalue weighted by molar-refractivity contribution is 0.487. The largest absolute Gasteiger partial charge is 0.370 e. The molecule has 0 atom stereocenters. The maximum absolute atomic E-state index is 6.01. The molecule has 0 aliphatic heterocycles. The highest BCUT2D eigenvalue weighted by Crippen LogP contribution is 2.27. The van der Waals surface area contributed by atoms with E-state index in [0.717, 1.165) is 0 Å². The highest BCUT2D eigenvalue weighted by molar-refractivity contribution is 7.99. The van der Waals surface area contributed by atoms with Crippen molar-refractivity contribution in [1.82, 2.24) is 4.90 Å². The van der Waals surface area contributed by atoms with E-state index in [0.29, 0.717) is 18.5 Å². The fourth-order valence-electron chi connectivity index (χ4n) is 2.22. The van der Waals surface area contributed by atoms with Crippen LogP contribution in [-0.2, 0) is 6.54 Å². The van der Waals surface area contributed by atoms with Crippen LogP contribution in [0.25, 0.3) is 0 Å². The molecule has 0 unspecified atom stereocenters. The van der Waals surface area contributed by atoms with Gasteiger partial charge in [0.25, 0.3) is 0 Å². The number of benzene rings is 2. The topological polar surface area (TPSA) is 41.6 Å². The Balaban J connectivity index is 1.58. The molecule has 1 aliphatic rings. The van der Waals surface area contributed by atoms with Crippen LogP contribution in [-0.4, -0.2) is 23.9 Å². The van der Waals surface area contributed by atoms with E-state index in [4.69, 9.17) is 5.73 Å². The Labute approximate surface area is 136 Å². The first kappa shape index (κ1) is 15.0. The van der Waals surface area contributed by atoms with Gasteiger partial charge in [0.05, 0.1) is 6.54 Å². The lowest BCUT2D eigenvalue weighted by atomic mass is 10.2. The Morgan fingerprint density at radius 2 is 1.73 bits per heavy atom. The van der Waals surface area contributed by atoms with Gasteiger partial charge in [-0.3, -0.25) is 0 Å². The Bertz CT molecular complexity index is 633. The zero-order valence-electron chi connectivity index (χ0n) is 12.8. The van der Waals surface area contributed by atoms with Crippen molar-refractivity contribution in [2.45, 2.75) is 35.2 Å². The molecule has 114 valence electrons. The summed E-state index contributed by atoms with van der Waals surface area (Å²) in [5.74, 6) is 0.644. The van der Waals surface area contributed by atoms with Crippen molar-refractivity contribution in [3.63, 3.8) is 0 Å². The lowest BCUT2D eigenvalue weighted by Crippen LogP contribution is -2.35. The average Bonchev–Trinajstić information content (AvgIpc) is 3.39. The third-order valence-electron chi connectivity index (χ3n) is 3.78. The Morgan fingerprint density at radius 3 is 2.36 bits per heavy atom. The Morgan fingerprint density at radius 1 is 1.09 bits per heavy atom. The zero-order valence-corrected chi connectivity index (χ0v) is 13.6. The molecule has 2 aromatic carbocycles. The first-order valence-electron chi connectivity index (χ1n) is 7.57. The quantitative estimate of drug-likeness (QED) is 0.675. The second-order valence-electron chi connectivity index (χ2n) is 5.58. The summed E-state index contributed by atoms with van der Waals surface area (Å²) in [6.45, 7) is 0.638. The molecule has 0 radical (unpaired) electrons. The van der Waals surface area contributed by atoms with Crippen LogP contribution in [0.2, 0.25) is 0 Å². The molecule has 3 nitrogen and oxygen atoms in total. The summed E-state index contributed by atoms with van der Waals surface area (Å²) in [5.41, 5.74) is 7.19. The van der Waals surface area contributed by atoms with E-state index in [2.05, 4.69) is 58.4 Å². The molecule has 0 bridgehead atoms. The van der Waals surface area contributed by atoms with Crippen molar-refractivity contribution in [3.8, 4) is 0 Å². The third kappa shape index (κ3) is 4.04. The van der Waals surface area contributed by atoms with E-state index in [9.17, 15) is 0 Å². The van der Waals surface area contributed by atoms with Crippen molar-refractivity contribution in [2.24, 2.45) is 10.7 Å². The molecular formula is C18H21N3S. The number of hydrogen-bond donors (Lipinski definition) is 1.